The fraction of sp³-hybridized carbons (Fsp3) is 0.500. The van der Waals surface area contributed by atoms with Crippen LogP contribution in [0.4, 0.5) is 0 Å². The maximum Gasteiger partial charge on any atom is 0.225 e. The first kappa shape index (κ1) is 13.7. The minimum atomic E-state index is 0.305. The van der Waals surface area contributed by atoms with Gasteiger partial charge in [-0.05, 0) is 43.4 Å². The quantitative estimate of drug-likeness (QED) is 0.855. The number of carbonyl (C=O) groups excluding carboxylic acids is 1. The summed E-state index contributed by atoms with van der Waals surface area (Å²) in [7, 11) is 0. The van der Waals surface area contributed by atoms with Crippen LogP contribution in [0.25, 0.3) is 10.9 Å². The van der Waals surface area contributed by atoms with Crippen molar-refractivity contribution in [2.45, 2.75) is 32.1 Å². The topological polar surface area (TPSA) is 46.1 Å². The molecule has 1 amide bonds. The number of fused-ring (bicyclic) bond motifs is 1. The lowest BCUT2D eigenvalue weighted by Gasteiger charge is -2.32. The Morgan fingerprint density at radius 1 is 1.27 bits per heavy atom. The molecule has 2 fully saturated rings. The largest absolute Gasteiger partial charge is 0.342 e. The van der Waals surface area contributed by atoms with Crippen LogP contribution >= 0.6 is 0 Å². The Morgan fingerprint density at radius 3 is 2.77 bits per heavy atom. The summed E-state index contributed by atoms with van der Waals surface area (Å²) in [4.78, 5) is 23.4. The molecule has 2 aromatic rings. The normalized spacial score (nSPS) is 25.4. The van der Waals surface area contributed by atoms with Gasteiger partial charge < -0.3 is 4.90 Å². The van der Waals surface area contributed by atoms with Crippen LogP contribution in [0.2, 0.25) is 0 Å². The Kier molecular flexibility index (Phi) is 3.32. The highest BCUT2D eigenvalue weighted by Crippen LogP contribution is 2.40. The third-order valence-electron chi connectivity index (χ3n) is 5.16. The molecule has 114 valence electrons. The van der Waals surface area contributed by atoms with Gasteiger partial charge in [0, 0.05) is 48.4 Å². The summed E-state index contributed by atoms with van der Waals surface area (Å²) in [6, 6.07) is 6.09. The number of hydrogen-bond acceptors (Lipinski definition) is 3. The van der Waals surface area contributed by atoms with Crippen LogP contribution < -0.4 is 0 Å². The van der Waals surface area contributed by atoms with Crippen LogP contribution in [0.15, 0.2) is 30.6 Å². The number of nitrogens with zero attached hydrogens (tertiary/aromatic N) is 3. The number of carbonyl (C=O) groups is 1. The molecular weight excluding hydrogens is 274 g/mol. The second-order valence-electron chi connectivity index (χ2n) is 6.72. The summed E-state index contributed by atoms with van der Waals surface area (Å²) in [6.45, 7) is 3.91. The van der Waals surface area contributed by atoms with Crippen LogP contribution in [0.3, 0.4) is 0 Å². The van der Waals surface area contributed by atoms with Gasteiger partial charge in [-0.2, -0.15) is 0 Å². The molecule has 3 heterocycles. The lowest BCUT2D eigenvalue weighted by atomic mass is 9.92. The molecular formula is C18H21N3O. The molecule has 1 saturated carbocycles. The van der Waals surface area contributed by atoms with E-state index in [1.54, 1.807) is 0 Å². The molecule has 1 aliphatic heterocycles. The van der Waals surface area contributed by atoms with Gasteiger partial charge in [0.15, 0.2) is 0 Å². The molecule has 0 N–H and O–H groups in total. The zero-order valence-corrected chi connectivity index (χ0v) is 12.9. The summed E-state index contributed by atoms with van der Waals surface area (Å²) in [5, 5.41) is 1.08. The maximum atomic E-state index is 12.3. The second-order valence-corrected chi connectivity index (χ2v) is 6.72. The molecule has 22 heavy (non-hydrogen) atoms. The van der Waals surface area contributed by atoms with Gasteiger partial charge in [0.05, 0.1) is 5.52 Å². The molecule has 4 rings (SSSR count). The molecule has 2 atom stereocenters. The van der Waals surface area contributed by atoms with Crippen molar-refractivity contribution in [3.05, 3.63) is 36.3 Å². The van der Waals surface area contributed by atoms with Crippen molar-refractivity contribution in [2.24, 2.45) is 11.8 Å². The Morgan fingerprint density at radius 2 is 2.05 bits per heavy atom. The molecule has 0 aromatic carbocycles. The predicted octanol–water partition coefficient (Wildman–Crippen LogP) is 2.99. The molecule has 1 saturated heterocycles. The molecule has 4 heteroatoms. The van der Waals surface area contributed by atoms with E-state index in [0.29, 0.717) is 23.7 Å². The van der Waals surface area contributed by atoms with Gasteiger partial charge in [-0.3, -0.25) is 14.8 Å². The zero-order chi connectivity index (χ0) is 15.1. The van der Waals surface area contributed by atoms with Crippen LogP contribution in [-0.2, 0) is 4.79 Å². The van der Waals surface area contributed by atoms with Gasteiger partial charge in [0.1, 0.15) is 0 Å². The van der Waals surface area contributed by atoms with Crippen molar-refractivity contribution >= 4 is 16.8 Å². The molecule has 0 bridgehead atoms. The predicted molar refractivity (Wildman–Crippen MR) is 85.4 cm³/mol. The highest BCUT2D eigenvalue weighted by atomic mass is 16.2. The van der Waals surface area contributed by atoms with Crippen LogP contribution in [0.5, 0.6) is 0 Å². The van der Waals surface area contributed by atoms with Gasteiger partial charge in [-0.25, -0.2) is 0 Å². The van der Waals surface area contributed by atoms with Crippen LogP contribution in [-0.4, -0.2) is 33.9 Å². The number of hydrogen-bond donors (Lipinski definition) is 0. The first-order valence-corrected chi connectivity index (χ1v) is 8.22. The summed E-state index contributed by atoms with van der Waals surface area (Å²) in [6.07, 6.45) is 6.85. The molecule has 0 radical (unpaired) electrons. The van der Waals surface area contributed by atoms with Crippen molar-refractivity contribution in [1.29, 1.82) is 0 Å². The van der Waals surface area contributed by atoms with Crippen molar-refractivity contribution in [3.8, 4) is 0 Å². The lowest BCUT2D eigenvalue weighted by molar-refractivity contribution is -0.133. The molecule has 0 spiro atoms. The molecule has 0 unspecified atom stereocenters. The fourth-order valence-electron chi connectivity index (χ4n) is 3.50. The molecule has 4 nitrogen and oxygen atoms in total. The third-order valence-corrected chi connectivity index (χ3v) is 5.16. The van der Waals surface area contributed by atoms with E-state index in [1.165, 1.54) is 0 Å². The highest BCUT2D eigenvalue weighted by molar-refractivity contribution is 5.81. The van der Waals surface area contributed by atoms with Gasteiger partial charge in [-0.15, -0.1) is 0 Å². The van der Waals surface area contributed by atoms with Crippen molar-refractivity contribution < 1.29 is 4.79 Å². The first-order chi connectivity index (χ1) is 10.7. The second kappa shape index (κ2) is 5.34. The van der Waals surface area contributed by atoms with Gasteiger partial charge in [0.25, 0.3) is 0 Å². The van der Waals surface area contributed by atoms with Gasteiger partial charge in [0.2, 0.25) is 5.91 Å². The van der Waals surface area contributed by atoms with E-state index in [1.807, 2.05) is 24.5 Å². The Labute approximate surface area is 130 Å². The van der Waals surface area contributed by atoms with Crippen molar-refractivity contribution in [2.75, 3.05) is 13.1 Å². The van der Waals surface area contributed by atoms with Gasteiger partial charge >= 0.3 is 0 Å². The maximum absolute atomic E-state index is 12.3. The summed E-state index contributed by atoms with van der Waals surface area (Å²) in [5.74, 6) is 1.73. The van der Waals surface area contributed by atoms with Crippen molar-refractivity contribution in [3.63, 3.8) is 0 Å². The monoisotopic (exact) mass is 295 g/mol. The Balaban J connectivity index is 1.45. The minimum absolute atomic E-state index is 0.305. The lowest BCUT2D eigenvalue weighted by Crippen LogP contribution is -2.39. The Hall–Kier alpha value is -1.97. The summed E-state index contributed by atoms with van der Waals surface area (Å²) in [5.41, 5.74) is 2.14. The fourth-order valence-corrected chi connectivity index (χ4v) is 3.50. The van der Waals surface area contributed by atoms with E-state index < -0.39 is 0 Å². The van der Waals surface area contributed by atoms with E-state index in [-0.39, 0.29) is 0 Å². The molecule has 2 aliphatic rings. The van der Waals surface area contributed by atoms with Gasteiger partial charge in [-0.1, -0.05) is 6.92 Å². The number of rotatable bonds is 2. The van der Waals surface area contributed by atoms with Crippen LogP contribution in [0, 0.1) is 11.8 Å². The minimum Gasteiger partial charge on any atom is -0.342 e. The molecule has 1 aliphatic carbocycles. The SMILES string of the molecule is C[C@@H]1C[C@@H]1C(=O)N1CCC(c2cc3ncccc3cn2)CC1. The Bertz CT molecular complexity index is 706. The third kappa shape index (κ3) is 2.47. The van der Waals surface area contributed by atoms with E-state index >= 15 is 0 Å². The van der Waals surface area contributed by atoms with E-state index in [9.17, 15) is 4.79 Å². The average Bonchev–Trinajstić information content (AvgIpc) is 3.31. The van der Waals surface area contributed by atoms with E-state index in [4.69, 9.17) is 0 Å². The van der Waals surface area contributed by atoms with Crippen molar-refractivity contribution in [1.82, 2.24) is 14.9 Å². The smallest absolute Gasteiger partial charge is 0.225 e. The van der Waals surface area contributed by atoms with Crippen LogP contribution in [0.1, 0.15) is 37.8 Å². The first-order valence-electron chi connectivity index (χ1n) is 8.22. The number of aromatic nitrogens is 2. The number of piperidine rings is 1. The zero-order valence-electron chi connectivity index (χ0n) is 12.9. The number of pyridine rings is 2. The summed E-state index contributed by atoms with van der Waals surface area (Å²) >= 11 is 0. The number of amides is 1. The van der Waals surface area contributed by atoms with E-state index in [2.05, 4.69) is 27.9 Å². The standard InChI is InChI=1S/C18H21N3O/c1-12-9-15(12)18(22)21-7-4-13(5-8-21)16-10-17-14(11-20-16)3-2-6-19-17/h2-3,6,10-13,15H,4-5,7-9H2,1H3/t12-,15+/m1/s1. The molecule has 2 aromatic heterocycles. The number of likely N-dealkylation sites (tertiary alicyclic amines) is 1. The highest BCUT2D eigenvalue weighted by Gasteiger charge is 2.42. The summed E-state index contributed by atoms with van der Waals surface area (Å²) < 4.78 is 0. The average molecular weight is 295 g/mol. The van der Waals surface area contributed by atoms with E-state index in [0.717, 1.165) is 48.9 Å².